The summed E-state index contributed by atoms with van der Waals surface area (Å²) in [5.74, 6) is 1.01. The van der Waals surface area contributed by atoms with Crippen molar-refractivity contribution in [3.05, 3.63) is 56.6 Å². The van der Waals surface area contributed by atoms with Crippen LogP contribution in [0.5, 0.6) is 0 Å². The van der Waals surface area contributed by atoms with E-state index in [-0.39, 0.29) is 0 Å². The summed E-state index contributed by atoms with van der Waals surface area (Å²) < 4.78 is 2.12. The number of halogens is 2. The number of pyridine rings is 1. The fourth-order valence-corrected chi connectivity index (χ4v) is 2.81. The summed E-state index contributed by atoms with van der Waals surface area (Å²) in [4.78, 5) is 6.62. The molecule has 1 aromatic carbocycles. The number of benzene rings is 1. The minimum absolute atomic E-state index is 0.842. The first-order valence-electron chi connectivity index (χ1n) is 5.64. The van der Waals surface area contributed by atoms with Gasteiger partial charge in [-0.25, -0.2) is 4.98 Å². The van der Waals surface area contributed by atoms with E-state index in [9.17, 15) is 0 Å². The van der Waals surface area contributed by atoms with Crippen molar-refractivity contribution < 1.29 is 0 Å². The van der Waals surface area contributed by atoms with Crippen LogP contribution >= 0.6 is 31.9 Å². The Morgan fingerprint density at radius 1 is 1.17 bits per heavy atom. The molecule has 0 saturated heterocycles. The van der Waals surface area contributed by atoms with Crippen molar-refractivity contribution >= 4 is 37.7 Å². The topological polar surface area (TPSA) is 16.1 Å². The Morgan fingerprint density at radius 2 is 1.94 bits per heavy atom. The van der Waals surface area contributed by atoms with Gasteiger partial charge in [0.15, 0.2) is 0 Å². The summed E-state index contributed by atoms with van der Waals surface area (Å²) >= 11 is 6.93. The average molecular weight is 370 g/mol. The van der Waals surface area contributed by atoms with Crippen molar-refractivity contribution in [3.63, 3.8) is 0 Å². The molecule has 0 aliphatic carbocycles. The summed E-state index contributed by atoms with van der Waals surface area (Å²) in [5.41, 5.74) is 2.43. The van der Waals surface area contributed by atoms with E-state index in [4.69, 9.17) is 0 Å². The van der Waals surface area contributed by atoms with E-state index in [1.165, 1.54) is 11.1 Å². The Morgan fingerprint density at radius 3 is 2.61 bits per heavy atom. The van der Waals surface area contributed by atoms with Crippen LogP contribution in [0.25, 0.3) is 0 Å². The molecule has 0 spiro atoms. The largest absolute Gasteiger partial charge is 0.355 e. The Labute approximate surface area is 124 Å². The van der Waals surface area contributed by atoms with Gasteiger partial charge in [-0.3, -0.25) is 0 Å². The van der Waals surface area contributed by atoms with Crippen molar-refractivity contribution in [1.82, 2.24) is 4.98 Å². The Balaban J connectivity index is 2.19. The second kappa shape index (κ2) is 5.85. The standard InChI is InChI=1S/C14H14Br2N2/c1-10-6-13(16)8-17-14(10)18(2)9-11-4-3-5-12(15)7-11/h3-8H,9H2,1-2H3. The Bertz CT molecular complexity index is 555. The third kappa shape index (κ3) is 3.33. The Hall–Kier alpha value is -0.870. The lowest BCUT2D eigenvalue weighted by molar-refractivity contribution is 0.889. The predicted octanol–water partition coefficient (Wildman–Crippen LogP) is 4.55. The molecule has 0 radical (unpaired) electrons. The second-order valence-corrected chi connectivity index (χ2v) is 6.11. The molecule has 0 fully saturated rings. The molecule has 0 N–H and O–H groups in total. The zero-order chi connectivity index (χ0) is 13.1. The van der Waals surface area contributed by atoms with Crippen LogP contribution in [0.3, 0.4) is 0 Å². The molecule has 1 aromatic heterocycles. The number of anilines is 1. The highest BCUT2D eigenvalue weighted by Crippen LogP contribution is 2.21. The molecule has 0 amide bonds. The fraction of sp³-hybridized carbons (Fsp3) is 0.214. The minimum atomic E-state index is 0.842. The first kappa shape index (κ1) is 13.6. The number of aromatic nitrogens is 1. The molecular weight excluding hydrogens is 356 g/mol. The van der Waals surface area contributed by atoms with Crippen molar-refractivity contribution in [1.29, 1.82) is 0 Å². The maximum Gasteiger partial charge on any atom is 0.131 e. The van der Waals surface area contributed by atoms with Crippen LogP contribution < -0.4 is 4.90 Å². The molecule has 2 aromatic rings. The van der Waals surface area contributed by atoms with Gasteiger partial charge < -0.3 is 4.90 Å². The zero-order valence-corrected chi connectivity index (χ0v) is 13.5. The summed E-state index contributed by atoms with van der Waals surface area (Å²) in [5, 5.41) is 0. The molecule has 0 unspecified atom stereocenters. The first-order valence-corrected chi connectivity index (χ1v) is 7.22. The van der Waals surface area contributed by atoms with Gasteiger partial charge in [-0.2, -0.15) is 0 Å². The lowest BCUT2D eigenvalue weighted by Gasteiger charge is -2.20. The molecule has 2 nitrogen and oxygen atoms in total. The van der Waals surface area contributed by atoms with Crippen LogP contribution in [0, 0.1) is 6.92 Å². The number of hydrogen-bond acceptors (Lipinski definition) is 2. The molecule has 0 saturated carbocycles. The molecule has 2 rings (SSSR count). The Kier molecular flexibility index (Phi) is 4.40. The first-order chi connectivity index (χ1) is 8.56. The number of hydrogen-bond donors (Lipinski definition) is 0. The molecule has 0 aliphatic heterocycles. The van der Waals surface area contributed by atoms with Crippen molar-refractivity contribution in [2.24, 2.45) is 0 Å². The van der Waals surface area contributed by atoms with Crippen LogP contribution in [0.4, 0.5) is 5.82 Å². The highest BCUT2D eigenvalue weighted by atomic mass is 79.9. The molecule has 0 aliphatic rings. The van der Waals surface area contributed by atoms with Gasteiger partial charge in [-0.05, 0) is 52.2 Å². The SMILES string of the molecule is Cc1cc(Br)cnc1N(C)Cc1cccc(Br)c1. The quantitative estimate of drug-likeness (QED) is 0.788. The van der Waals surface area contributed by atoms with E-state index in [2.05, 4.69) is 80.0 Å². The van der Waals surface area contributed by atoms with Crippen LogP contribution in [-0.2, 0) is 6.54 Å². The zero-order valence-electron chi connectivity index (χ0n) is 10.3. The van der Waals surface area contributed by atoms with Gasteiger partial charge in [-0.1, -0.05) is 28.1 Å². The molecule has 18 heavy (non-hydrogen) atoms. The monoisotopic (exact) mass is 368 g/mol. The van der Waals surface area contributed by atoms with Crippen molar-refractivity contribution in [2.45, 2.75) is 13.5 Å². The molecule has 4 heteroatoms. The van der Waals surface area contributed by atoms with Gasteiger partial charge in [0.1, 0.15) is 5.82 Å². The van der Waals surface area contributed by atoms with Crippen LogP contribution in [0.15, 0.2) is 45.5 Å². The maximum absolute atomic E-state index is 4.46. The molecule has 0 bridgehead atoms. The highest BCUT2D eigenvalue weighted by molar-refractivity contribution is 9.10. The lowest BCUT2D eigenvalue weighted by Crippen LogP contribution is -2.18. The van der Waals surface area contributed by atoms with Gasteiger partial charge in [0.2, 0.25) is 0 Å². The van der Waals surface area contributed by atoms with E-state index in [1.807, 2.05) is 12.3 Å². The number of nitrogens with zero attached hydrogens (tertiary/aromatic N) is 2. The second-order valence-electron chi connectivity index (χ2n) is 4.28. The molecular formula is C14H14Br2N2. The predicted molar refractivity (Wildman–Crippen MR) is 82.9 cm³/mol. The van der Waals surface area contributed by atoms with Gasteiger partial charge in [-0.15, -0.1) is 0 Å². The average Bonchev–Trinajstić information content (AvgIpc) is 2.28. The van der Waals surface area contributed by atoms with E-state index < -0.39 is 0 Å². The number of rotatable bonds is 3. The lowest BCUT2D eigenvalue weighted by atomic mass is 10.2. The highest BCUT2D eigenvalue weighted by Gasteiger charge is 2.07. The van der Waals surface area contributed by atoms with Gasteiger partial charge >= 0.3 is 0 Å². The van der Waals surface area contributed by atoms with Crippen molar-refractivity contribution in [3.8, 4) is 0 Å². The van der Waals surface area contributed by atoms with E-state index in [0.29, 0.717) is 0 Å². The molecule has 1 heterocycles. The van der Waals surface area contributed by atoms with Crippen molar-refractivity contribution in [2.75, 3.05) is 11.9 Å². The fourth-order valence-electron chi connectivity index (χ4n) is 1.92. The molecule has 94 valence electrons. The normalized spacial score (nSPS) is 10.4. The number of aryl methyl sites for hydroxylation is 1. The van der Waals surface area contributed by atoms with E-state index in [1.54, 1.807) is 0 Å². The van der Waals surface area contributed by atoms with Gasteiger partial charge in [0.25, 0.3) is 0 Å². The summed E-state index contributed by atoms with van der Waals surface area (Å²) in [7, 11) is 2.06. The smallest absolute Gasteiger partial charge is 0.131 e. The third-order valence-corrected chi connectivity index (χ3v) is 3.61. The van der Waals surface area contributed by atoms with Crippen LogP contribution in [0.1, 0.15) is 11.1 Å². The van der Waals surface area contributed by atoms with E-state index in [0.717, 1.165) is 21.3 Å². The minimum Gasteiger partial charge on any atom is -0.355 e. The van der Waals surface area contributed by atoms with Crippen LogP contribution in [-0.4, -0.2) is 12.0 Å². The van der Waals surface area contributed by atoms with Gasteiger partial charge in [0, 0.05) is 28.7 Å². The summed E-state index contributed by atoms with van der Waals surface area (Å²) in [6.07, 6.45) is 1.83. The van der Waals surface area contributed by atoms with E-state index >= 15 is 0 Å². The third-order valence-electron chi connectivity index (χ3n) is 2.69. The summed E-state index contributed by atoms with van der Waals surface area (Å²) in [6, 6.07) is 10.4. The van der Waals surface area contributed by atoms with Crippen LogP contribution in [0.2, 0.25) is 0 Å². The molecule has 0 atom stereocenters. The van der Waals surface area contributed by atoms with Gasteiger partial charge in [0.05, 0.1) is 0 Å². The maximum atomic E-state index is 4.46. The summed E-state index contributed by atoms with van der Waals surface area (Å²) in [6.45, 7) is 2.92.